The number of nitrogens with zero attached hydrogens (tertiary/aromatic N) is 2. The zero-order chi connectivity index (χ0) is 15.2. The molecule has 1 aromatic carbocycles. The van der Waals surface area contributed by atoms with Crippen LogP contribution in [0.5, 0.6) is 0 Å². The van der Waals surface area contributed by atoms with Crippen molar-refractivity contribution in [3.63, 3.8) is 0 Å². The third-order valence-electron chi connectivity index (χ3n) is 2.96. The van der Waals surface area contributed by atoms with Crippen molar-refractivity contribution in [3.05, 3.63) is 70.8 Å². The molecular formula is C16H14N4OS. The summed E-state index contributed by atoms with van der Waals surface area (Å²) < 4.78 is 0. The van der Waals surface area contributed by atoms with Gasteiger partial charge in [0.05, 0.1) is 6.54 Å². The first-order chi connectivity index (χ1) is 10.8. The maximum absolute atomic E-state index is 12.2. The number of hydrogen-bond donors (Lipinski definition) is 2. The molecule has 5 nitrogen and oxygen atoms in total. The first-order valence-electron chi connectivity index (χ1n) is 6.76. The molecule has 0 atom stereocenters. The van der Waals surface area contributed by atoms with Gasteiger partial charge >= 0.3 is 0 Å². The third kappa shape index (κ3) is 3.67. The number of aromatic nitrogens is 2. The standard InChI is InChI=1S/C16H14N4OS/c21-16(20-12-5-2-1-3-6-12)14-9-15(19-11-18-14)17-10-13-7-4-8-22-13/h1-9,11H,10H2,(H,20,21)(H,17,18,19). The summed E-state index contributed by atoms with van der Waals surface area (Å²) >= 11 is 1.67. The molecule has 0 saturated heterocycles. The van der Waals surface area contributed by atoms with Gasteiger partial charge in [0.15, 0.2) is 0 Å². The Morgan fingerprint density at radius 1 is 1.09 bits per heavy atom. The van der Waals surface area contributed by atoms with Crippen molar-refractivity contribution in [3.8, 4) is 0 Å². The van der Waals surface area contributed by atoms with Crippen molar-refractivity contribution in [2.75, 3.05) is 10.6 Å². The topological polar surface area (TPSA) is 66.9 Å². The van der Waals surface area contributed by atoms with E-state index in [1.165, 1.54) is 11.2 Å². The monoisotopic (exact) mass is 310 g/mol. The fraction of sp³-hybridized carbons (Fsp3) is 0.0625. The Balaban J connectivity index is 1.66. The molecule has 6 heteroatoms. The second kappa shape index (κ2) is 6.82. The van der Waals surface area contributed by atoms with Crippen LogP contribution in [-0.4, -0.2) is 15.9 Å². The van der Waals surface area contributed by atoms with Crippen molar-refractivity contribution >= 4 is 28.7 Å². The Morgan fingerprint density at radius 2 is 1.95 bits per heavy atom. The van der Waals surface area contributed by atoms with Gasteiger partial charge in [0, 0.05) is 16.6 Å². The molecule has 3 rings (SSSR count). The summed E-state index contributed by atoms with van der Waals surface area (Å²) in [5.74, 6) is 0.370. The molecule has 0 aliphatic heterocycles. The van der Waals surface area contributed by atoms with Crippen LogP contribution < -0.4 is 10.6 Å². The van der Waals surface area contributed by atoms with Crippen LogP contribution in [0, 0.1) is 0 Å². The minimum Gasteiger partial charge on any atom is -0.365 e. The summed E-state index contributed by atoms with van der Waals surface area (Å²) in [6, 6.07) is 15.0. The number of amides is 1. The fourth-order valence-electron chi connectivity index (χ4n) is 1.89. The average Bonchev–Trinajstić information content (AvgIpc) is 3.08. The van der Waals surface area contributed by atoms with Gasteiger partial charge in [-0.05, 0) is 23.6 Å². The lowest BCUT2D eigenvalue weighted by molar-refractivity contribution is 0.102. The van der Waals surface area contributed by atoms with E-state index in [-0.39, 0.29) is 5.91 Å². The van der Waals surface area contributed by atoms with Crippen LogP contribution in [0.2, 0.25) is 0 Å². The summed E-state index contributed by atoms with van der Waals surface area (Å²) in [6.45, 7) is 0.675. The highest BCUT2D eigenvalue weighted by Crippen LogP contribution is 2.13. The number of nitrogens with one attached hydrogen (secondary N) is 2. The van der Waals surface area contributed by atoms with Gasteiger partial charge in [-0.1, -0.05) is 24.3 Å². The molecule has 2 heterocycles. The van der Waals surface area contributed by atoms with Crippen LogP contribution in [0.4, 0.5) is 11.5 Å². The molecule has 0 aliphatic carbocycles. The summed E-state index contributed by atoms with van der Waals surface area (Å²) in [6.07, 6.45) is 1.39. The van der Waals surface area contributed by atoms with E-state index < -0.39 is 0 Å². The minimum absolute atomic E-state index is 0.257. The van der Waals surface area contributed by atoms with E-state index in [0.717, 1.165) is 5.69 Å². The molecule has 0 radical (unpaired) electrons. The zero-order valence-electron chi connectivity index (χ0n) is 11.7. The number of hydrogen-bond acceptors (Lipinski definition) is 5. The average molecular weight is 310 g/mol. The summed E-state index contributed by atoms with van der Waals surface area (Å²) in [5, 5.41) is 8.01. The van der Waals surface area contributed by atoms with Gasteiger partial charge in [-0.3, -0.25) is 4.79 Å². The van der Waals surface area contributed by atoms with Gasteiger partial charge in [-0.15, -0.1) is 11.3 Å². The van der Waals surface area contributed by atoms with E-state index >= 15 is 0 Å². The number of thiophene rings is 1. The molecule has 3 aromatic rings. The number of carbonyl (C=O) groups is 1. The van der Waals surface area contributed by atoms with Crippen LogP contribution in [0.1, 0.15) is 15.4 Å². The van der Waals surface area contributed by atoms with E-state index in [2.05, 4.69) is 20.6 Å². The largest absolute Gasteiger partial charge is 0.365 e. The van der Waals surface area contributed by atoms with Gasteiger partial charge < -0.3 is 10.6 Å². The molecule has 2 N–H and O–H groups in total. The first-order valence-corrected chi connectivity index (χ1v) is 7.64. The van der Waals surface area contributed by atoms with Gasteiger partial charge in [0.1, 0.15) is 17.8 Å². The lowest BCUT2D eigenvalue weighted by atomic mass is 10.3. The zero-order valence-corrected chi connectivity index (χ0v) is 12.5. The lowest BCUT2D eigenvalue weighted by Crippen LogP contribution is -2.14. The maximum atomic E-state index is 12.2. The highest BCUT2D eigenvalue weighted by molar-refractivity contribution is 7.09. The van der Waals surface area contributed by atoms with Crippen LogP contribution in [0.25, 0.3) is 0 Å². The van der Waals surface area contributed by atoms with Gasteiger partial charge in [-0.2, -0.15) is 0 Å². The van der Waals surface area contributed by atoms with Crippen molar-refractivity contribution in [2.45, 2.75) is 6.54 Å². The molecule has 0 unspecified atom stereocenters. The Kier molecular flexibility index (Phi) is 4.41. The fourth-order valence-corrected chi connectivity index (χ4v) is 2.53. The first kappa shape index (κ1) is 14.2. The summed E-state index contributed by atoms with van der Waals surface area (Å²) in [4.78, 5) is 21.5. The van der Waals surface area contributed by atoms with Crippen molar-refractivity contribution < 1.29 is 4.79 Å². The van der Waals surface area contributed by atoms with Crippen LogP contribution in [0.15, 0.2) is 60.2 Å². The second-order valence-corrected chi connectivity index (χ2v) is 5.57. The molecule has 1 amide bonds. The highest BCUT2D eigenvalue weighted by Gasteiger charge is 2.09. The number of anilines is 2. The molecule has 22 heavy (non-hydrogen) atoms. The summed E-state index contributed by atoms with van der Waals surface area (Å²) in [7, 11) is 0. The van der Waals surface area contributed by atoms with E-state index in [9.17, 15) is 4.79 Å². The maximum Gasteiger partial charge on any atom is 0.274 e. The highest BCUT2D eigenvalue weighted by atomic mass is 32.1. The van der Waals surface area contributed by atoms with Crippen LogP contribution in [0.3, 0.4) is 0 Å². The normalized spacial score (nSPS) is 10.2. The second-order valence-electron chi connectivity index (χ2n) is 4.54. The SMILES string of the molecule is O=C(Nc1ccccc1)c1cc(NCc2cccs2)ncn1. The van der Waals surface area contributed by atoms with Crippen molar-refractivity contribution in [1.82, 2.24) is 9.97 Å². The van der Waals surface area contributed by atoms with Gasteiger partial charge in [0.2, 0.25) is 0 Å². The molecule has 110 valence electrons. The molecular weight excluding hydrogens is 296 g/mol. The van der Waals surface area contributed by atoms with Gasteiger partial charge in [0.25, 0.3) is 5.91 Å². The number of rotatable bonds is 5. The van der Waals surface area contributed by atoms with E-state index in [4.69, 9.17) is 0 Å². The summed E-state index contributed by atoms with van der Waals surface area (Å²) in [5.41, 5.74) is 1.06. The van der Waals surface area contributed by atoms with Gasteiger partial charge in [-0.25, -0.2) is 9.97 Å². The van der Waals surface area contributed by atoms with E-state index in [1.54, 1.807) is 17.4 Å². The number of benzene rings is 1. The predicted octanol–water partition coefficient (Wildman–Crippen LogP) is 3.40. The number of para-hydroxylation sites is 1. The Labute approximate surface area is 132 Å². The van der Waals surface area contributed by atoms with Crippen LogP contribution in [-0.2, 0) is 6.54 Å². The Bertz CT molecular complexity index is 744. The number of carbonyl (C=O) groups excluding carboxylic acids is 1. The minimum atomic E-state index is -0.257. The van der Waals surface area contributed by atoms with Crippen molar-refractivity contribution in [1.29, 1.82) is 0 Å². The van der Waals surface area contributed by atoms with Crippen molar-refractivity contribution in [2.24, 2.45) is 0 Å². The van der Waals surface area contributed by atoms with E-state index in [0.29, 0.717) is 18.1 Å². The van der Waals surface area contributed by atoms with Crippen LogP contribution >= 0.6 is 11.3 Å². The molecule has 0 aliphatic rings. The molecule has 0 spiro atoms. The predicted molar refractivity (Wildman–Crippen MR) is 88.1 cm³/mol. The molecule has 0 bridgehead atoms. The smallest absolute Gasteiger partial charge is 0.274 e. The molecule has 0 fully saturated rings. The molecule has 0 saturated carbocycles. The molecule has 2 aromatic heterocycles. The van der Waals surface area contributed by atoms with E-state index in [1.807, 2.05) is 47.8 Å². The third-order valence-corrected chi connectivity index (χ3v) is 3.83. The lowest BCUT2D eigenvalue weighted by Gasteiger charge is -2.07. The quantitative estimate of drug-likeness (QED) is 0.758. The Hall–Kier alpha value is -2.73. The Morgan fingerprint density at radius 3 is 2.73 bits per heavy atom.